The van der Waals surface area contributed by atoms with Gasteiger partial charge in [-0.2, -0.15) is 0 Å². The molecule has 0 bridgehead atoms. The molecule has 1 amide bonds. The summed E-state index contributed by atoms with van der Waals surface area (Å²) in [6, 6.07) is 10.6. The van der Waals surface area contributed by atoms with Gasteiger partial charge in [-0.1, -0.05) is 24.3 Å². The molecule has 4 rings (SSSR count). The number of hydrogen-bond acceptors (Lipinski definition) is 3. The third-order valence-corrected chi connectivity index (χ3v) is 5.00. The summed E-state index contributed by atoms with van der Waals surface area (Å²) in [7, 11) is 0. The van der Waals surface area contributed by atoms with E-state index in [-0.39, 0.29) is 12.2 Å². The number of ether oxygens (including phenoxy) is 1. The normalized spacial score (nSPS) is 17.1. The Morgan fingerprint density at radius 1 is 1.29 bits per heavy atom. The minimum Gasteiger partial charge on any atom is -0.480 e. The number of carbonyl (C=O) groups excluding carboxylic acids is 1. The van der Waals surface area contributed by atoms with Crippen LogP contribution >= 0.6 is 0 Å². The van der Waals surface area contributed by atoms with Crippen LogP contribution in [0.5, 0.6) is 0 Å². The van der Waals surface area contributed by atoms with Crippen LogP contribution in [0.1, 0.15) is 22.8 Å². The average molecular weight is 382 g/mol. The van der Waals surface area contributed by atoms with E-state index in [1.807, 2.05) is 24.3 Å². The highest BCUT2D eigenvalue weighted by molar-refractivity contribution is 5.89. The summed E-state index contributed by atoms with van der Waals surface area (Å²) in [6.07, 6.45) is 1.59. The van der Waals surface area contributed by atoms with Gasteiger partial charge in [0.25, 0.3) is 5.91 Å². The number of halogens is 1. The van der Waals surface area contributed by atoms with E-state index in [1.54, 1.807) is 12.3 Å². The summed E-state index contributed by atoms with van der Waals surface area (Å²) in [5.74, 6) is -2.00. The number of benzene rings is 2. The number of carbonyl (C=O) groups is 2. The van der Waals surface area contributed by atoms with Crippen molar-refractivity contribution in [2.75, 3.05) is 6.61 Å². The number of H-pyrrole nitrogens is 1. The summed E-state index contributed by atoms with van der Waals surface area (Å²) in [5, 5.41) is 12.9. The van der Waals surface area contributed by atoms with E-state index < -0.39 is 24.0 Å². The van der Waals surface area contributed by atoms with Gasteiger partial charge in [0.15, 0.2) is 6.10 Å². The van der Waals surface area contributed by atoms with Crippen LogP contribution in [0.2, 0.25) is 0 Å². The van der Waals surface area contributed by atoms with Gasteiger partial charge in [-0.05, 0) is 41.3 Å². The maximum atomic E-state index is 13.4. The lowest BCUT2D eigenvalue weighted by Crippen LogP contribution is -2.45. The molecular formula is C21H19FN2O4. The maximum absolute atomic E-state index is 13.4. The molecule has 0 spiro atoms. The molecule has 2 aromatic carbocycles. The Balaban J connectivity index is 1.54. The second kappa shape index (κ2) is 7.44. The van der Waals surface area contributed by atoms with Gasteiger partial charge in [-0.25, -0.2) is 9.18 Å². The zero-order valence-electron chi connectivity index (χ0n) is 14.9. The zero-order chi connectivity index (χ0) is 19.7. The molecule has 0 unspecified atom stereocenters. The van der Waals surface area contributed by atoms with Crippen molar-refractivity contribution >= 4 is 22.8 Å². The molecule has 3 aromatic rings. The zero-order valence-corrected chi connectivity index (χ0v) is 14.9. The van der Waals surface area contributed by atoms with Gasteiger partial charge in [0.05, 0.1) is 6.61 Å². The standard InChI is InChI=1S/C21H19FN2O4/c22-14-5-6-15-13(11-23-17(15)10-14)9-18(21(26)27)24-20(25)19-16-4-2-1-3-12(16)7-8-28-19/h1-6,10-11,18-19,23H,7-9H2,(H,24,25)(H,26,27)/t18-,19-/m1/s1. The molecule has 0 saturated heterocycles. The summed E-state index contributed by atoms with van der Waals surface area (Å²) in [6.45, 7) is 0.404. The fraction of sp³-hybridized carbons (Fsp3) is 0.238. The highest BCUT2D eigenvalue weighted by atomic mass is 19.1. The second-order valence-corrected chi connectivity index (χ2v) is 6.81. The quantitative estimate of drug-likeness (QED) is 0.633. The molecule has 0 saturated carbocycles. The van der Waals surface area contributed by atoms with Gasteiger partial charge in [-0.3, -0.25) is 4.79 Å². The fourth-order valence-electron chi connectivity index (χ4n) is 3.61. The number of amides is 1. The topological polar surface area (TPSA) is 91.4 Å². The van der Waals surface area contributed by atoms with Gasteiger partial charge in [0, 0.05) is 23.5 Å². The number of rotatable bonds is 5. The molecule has 7 heteroatoms. The first-order chi connectivity index (χ1) is 13.5. The highest BCUT2D eigenvalue weighted by Gasteiger charge is 2.31. The number of aromatic nitrogens is 1. The Morgan fingerprint density at radius 2 is 2.11 bits per heavy atom. The van der Waals surface area contributed by atoms with Crippen LogP contribution in [-0.4, -0.2) is 34.6 Å². The number of fused-ring (bicyclic) bond motifs is 2. The lowest BCUT2D eigenvalue weighted by molar-refractivity contribution is -0.144. The van der Waals surface area contributed by atoms with Gasteiger partial charge in [0.1, 0.15) is 11.9 Å². The average Bonchev–Trinajstić information content (AvgIpc) is 3.08. The molecule has 144 valence electrons. The van der Waals surface area contributed by atoms with E-state index in [0.717, 1.165) is 16.5 Å². The number of carboxylic acid groups (broad SMARTS) is 1. The number of nitrogens with one attached hydrogen (secondary N) is 2. The first-order valence-electron chi connectivity index (χ1n) is 9.01. The summed E-state index contributed by atoms with van der Waals surface area (Å²) in [4.78, 5) is 27.4. The van der Waals surface area contributed by atoms with Crippen molar-refractivity contribution in [2.24, 2.45) is 0 Å². The predicted molar refractivity (Wildman–Crippen MR) is 100 cm³/mol. The van der Waals surface area contributed by atoms with E-state index in [2.05, 4.69) is 10.3 Å². The monoisotopic (exact) mass is 382 g/mol. The van der Waals surface area contributed by atoms with Crippen LogP contribution in [0.15, 0.2) is 48.7 Å². The minimum atomic E-state index is -1.14. The van der Waals surface area contributed by atoms with Crippen molar-refractivity contribution < 1.29 is 23.8 Å². The van der Waals surface area contributed by atoms with Crippen molar-refractivity contribution in [2.45, 2.75) is 25.0 Å². The third kappa shape index (κ3) is 3.48. The van der Waals surface area contributed by atoms with Crippen LogP contribution in [-0.2, 0) is 27.2 Å². The van der Waals surface area contributed by atoms with E-state index in [4.69, 9.17) is 4.74 Å². The molecule has 0 aliphatic carbocycles. The summed E-state index contributed by atoms with van der Waals surface area (Å²) < 4.78 is 19.0. The van der Waals surface area contributed by atoms with Crippen LogP contribution in [0.25, 0.3) is 10.9 Å². The molecule has 2 atom stereocenters. The Morgan fingerprint density at radius 3 is 2.93 bits per heavy atom. The molecule has 3 N–H and O–H groups in total. The molecule has 1 aliphatic heterocycles. The minimum absolute atomic E-state index is 0.0705. The molecular weight excluding hydrogens is 363 g/mol. The van der Waals surface area contributed by atoms with E-state index in [9.17, 15) is 19.1 Å². The van der Waals surface area contributed by atoms with Gasteiger partial charge < -0.3 is 20.1 Å². The SMILES string of the molecule is O=C(O)[C@@H](Cc1c[nH]c2cc(F)ccc12)NC(=O)[C@@H]1OCCc2ccccc21. The number of aliphatic carboxylic acids is 1. The first-order valence-corrected chi connectivity index (χ1v) is 9.01. The van der Waals surface area contributed by atoms with Crippen molar-refractivity contribution in [3.8, 4) is 0 Å². The third-order valence-electron chi connectivity index (χ3n) is 5.00. The van der Waals surface area contributed by atoms with Gasteiger partial charge in [-0.15, -0.1) is 0 Å². The van der Waals surface area contributed by atoms with E-state index in [1.165, 1.54) is 12.1 Å². The number of hydrogen-bond donors (Lipinski definition) is 3. The van der Waals surface area contributed by atoms with Crippen molar-refractivity contribution in [3.05, 3.63) is 71.2 Å². The van der Waals surface area contributed by atoms with Crippen LogP contribution < -0.4 is 5.32 Å². The molecule has 1 aromatic heterocycles. The molecule has 0 fully saturated rings. The molecule has 28 heavy (non-hydrogen) atoms. The van der Waals surface area contributed by atoms with Gasteiger partial charge in [0.2, 0.25) is 0 Å². The number of carboxylic acids is 1. The van der Waals surface area contributed by atoms with Gasteiger partial charge >= 0.3 is 5.97 Å². The Kier molecular flexibility index (Phi) is 4.83. The largest absolute Gasteiger partial charge is 0.480 e. The Hall–Kier alpha value is -3.19. The molecule has 6 nitrogen and oxygen atoms in total. The van der Waals surface area contributed by atoms with E-state index in [0.29, 0.717) is 24.1 Å². The predicted octanol–water partition coefficient (Wildman–Crippen LogP) is 2.73. The van der Waals surface area contributed by atoms with Crippen molar-refractivity contribution in [1.82, 2.24) is 10.3 Å². The summed E-state index contributed by atoms with van der Waals surface area (Å²) >= 11 is 0. The fourth-order valence-corrected chi connectivity index (χ4v) is 3.61. The molecule has 1 aliphatic rings. The lowest BCUT2D eigenvalue weighted by atomic mass is 9.96. The van der Waals surface area contributed by atoms with Crippen LogP contribution in [0, 0.1) is 5.82 Å². The van der Waals surface area contributed by atoms with Crippen LogP contribution in [0.3, 0.4) is 0 Å². The Bertz CT molecular complexity index is 1050. The summed E-state index contributed by atoms with van der Waals surface area (Å²) in [5.41, 5.74) is 3.06. The number of aromatic amines is 1. The maximum Gasteiger partial charge on any atom is 0.326 e. The van der Waals surface area contributed by atoms with Crippen molar-refractivity contribution in [1.29, 1.82) is 0 Å². The highest BCUT2D eigenvalue weighted by Crippen LogP contribution is 2.27. The smallest absolute Gasteiger partial charge is 0.326 e. The van der Waals surface area contributed by atoms with Crippen LogP contribution in [0.4, 0.5) is 4.39 Å². The first kappa shape index (κ1) is 18.2. The molecule has 0 radical (unpaired) electrons. The molecule has 2 heterocycles. The second-order valence-electron chi connectivity index (χ2n) is 6.81. The Labute approximate surface area is 160 Å². The van der Waals surface area contributed by atoms with Crippen molar-refractivity contribution in [3.63, 3.8) is 0 Å². The van der Waals surface area contributed by atoms with E-state index >= 15 is 0 Å². The lowest BCUT2D eigenvalue weighted by Gasteiger charge is -2.26.